The number of benzene rings is 3. The second-order valence-electron chi connectivity index (χ2n) is 9.55. The van der Waals surface area contributed by atoms with E-state index in [2.05, 4.69) is 25.5 Å². The van der Waals surface area contributed by atoms with Crippen LogP contribution >= 0.6 is 0 Å². The smallest absolute Gasteiger partial charge is 0.238 e. The number of nitrogens with zero attached hydrogens (tertiary/aromatic N) is 3. The number of fused-ring (bicyclic) bond motifs is 1. The molecule has 0 saturated carbocycles. The summed E-state index contributed by atoms with van der Waals surface area (Å²) >= 11 is 0. The monoisotopic (exact) mass is 561 g/mol. The molecule has 0 bridgehead atoms. The first-order chi connectivity index (χ1) is 19.3. The van der Waals surface area contributed by atoms with Crippen molar-refractivity contribution in [2.24, 2.45) is 0 Å². The maximum atomic E-state index is 13.6. The molecule has 0 unspecified atom stereocenters. The van der Waals surface area contributed by atoms with Crippen molar-refractivity contribution in [1.29, 1.82) is 0 Å². The Labute approximate surface area is 233 Å². The van der Waals surface area contributed by atoms with Gasteiger partial charge >= 0.3 is 0 Å². The Morgan fingerprint density at radius 2 is 1.55 bits per heavy atom. The minimum Gasteiger partial charge on any atom is -0.497 e. The highest BCUT2D eigenvalue weighted by molar-refractivity contribution is 7.90. The molecule has 4 aromatic rings. The number of nitrogens with one attached hydrogen (secondary N) is 2. The lowest BCUT2D eigenvalue weighted by Crippen LogP contribution is -2.30. The van der Waals surface area contributed by atoms with Crippen LogP contribution < -0.4 is 20.1 Å². The maximum absolute atomic E-state index is 13.6. The second kappa shape index (κ2) is 11.9. The number of likely N-dealkylation sites (tertiary alicyclic amines) is 1. The number of rotatable bonds is 10. The van der Waals surface area contributed by atoms with Crippen molar-refractivity contribution in [2.45, 2.75) is 23.5 Å². The van der Waals surface area contributed by atoms with E-state index in [1.165, 1.54) is 12.1 Å². The van der Waals surface area contributed by atoms with Crippen molar-refractivity contribution in [1.82, 2.24) is 14.9 Å². The van der Waals surface area contributed by atoms with Crippen molar-refractivity contribution >= 4 is 44.0 Å². The maximum Gasteiger partial charge on any atom is 0.238 e. The Bertz CT molecular complexity index is 1620. The predicted octanol–water partition coefficient (Wildman–Crippen LogP) is 4.40. The van der Waals surface area contributed by atoms with Crippen LogP contribution in [0.25, 0.3) is 11.0 Å². The number of methoxy groups -OCH3 is 2. The number of para-hydroxylation sites is 2. The van der Waals surface area contributed by atoms with Crippen molar-refractivity contribution in [3.63, 3.8) is 0 Å². The van der Waals surface area contributed by atoms with Crippen molar-refractivity contribution in [2.75, 3.05) is 44.5 Å². The fourth-order valence-electron chi connectivity index (χ4n) is 4.63. The number of carbonyl (C=O) groups excluding carboxylic acids is 1. The zero-order valence-corrected chi connectivity index (χ0v) is 23.2. The second-order valence-corrected chi connectivity index (χ2v) is 11.5. The van der Waals surface area contributed by atoms with Gasteiger partial charge in [-0.05, 0) is 56.3 Å². The number of sulfone groups is 1. The van der Waals surface area contributed by atoms with Crippen molar-refractivity contribution < 1.29 is 22.7 Å². The summed E-state index contributed by atoms with van der Waals surface area (Å²) in [6.45, 7) is 2.08. The highest BCUT2D eigenvalue weighted by atomic mass is 32.2. The van der Waals surface area contributed by atoms with E-state index < -0.39 is 15.6 Å². The van der Waals surface area contributed by atoms with Gasteiger partial charge in [-0.25, -0.2) is 18.4 Å². The molecule has 2 N–H and O–H groups in total. The summed E-state index contributed by atoms with van der Waals surface area (Å²) in [7, 11) is -0.755. The first-order valence-corrected chi connectivity index (χ1v) is 14.6. The molecule has 1 aliphatic heterocycles. The van der Waals surface area contributed by atoms with Crippen LogP contribution in [0.15, 0.2) is 71.6 Å². The number of aromatic nitrogens is 2. The highest BCUT2D eigenvalue weighted by Gasteiger charge is 2.22. The molecule has 1 aliphatic rings. The van der Waals surface area contributed by atoms with Crippen LogP contribution in [0.1, 0.15) is 18.5 Å². The number of hydrogen-bond donors (Lipinski definition) is 2. The highest BCUT2D eigenvalue weighted by Crippen LogP contribution is 2.30. The first-order valence-electron chi connectivity index (χ1n) is 12.9. The van der Waals surface area contributed by atoms with E-state index in [4.69, 9.17) is 9.47 Å². The summed E-state index contributed by atoms with van der Waals surface area (Å²) in [5.74, 6) is 0.853. The summed E-state index contributed by atoms with van der Waals surface area (Å²) in [4.78, 5) is 24.0. The average molecular weight is 562 g/mol. The Morgan fingerprint density at radius 1 is 0.875 bits per heavy atom. The van der Waals surface area contributed by atoms with E-state index in [1.54, 1.807) is 50.6 Å². The van der Waals surface area contributed by atoms with Crippen LogP contribution in [-0.4, -0.2) is 63.0 Å². The molecule has 40 heavy (non-hydrogen) atoms. The molecule has 5 rings (SSSR count). The third-order valence-electron chi connectivity index (χ3n) is 6.63. The lowest BCUT2D eigenvalue weighted by molar-refractivity contribution is -0.117. The molecule has 2 heterocycles. The lowest BCUT2D eigenvalue weighted by Gasteiger charge is -2.15. The molecule has 1 fully saturated rings. The predicted molar refractivity (Wildman–Crippen MR) is 154 cm³/mol. The summed E-state index contributed by atoms with van der Waals surface area (Å²) < 4.78 is 37.9. The average Bonchev–Trinajstić information content (AvgIpc) is 3.46. The van der Waals surface area contributed by atoms with Crippen LogP contribution in [0.5, 0.6) is 11.5 Å². The van der Waals surface area contributed by atoms with Crippen LogP contribution in [0.4, 0.5) is 17.2 Å². The normalized spacial score (nSPS) is 13.8. The quantitative estimate of drug-likeness (QED) is 0.290. The van der Waals surface area contributed by atoms with Gasteiger partial charge in [0.25, 0.3) is 0 Å². The molecule has 11 heteroatoms. The lowest BCUT2D eigenvalue weighted by atomic mass is 10.2. The van der Waals surface area contributed by atoms with Gasteiger partial charge in [0.05, 0.1) is 42.4 Å². The molecular weight excluding hydrogens is 530 g/mol. The van der Waals surface area contributed by atoms with Gasteiger partial charge in [0.2, 0.25) is 5.91 Å². The van der Waals surface area contributed by atoms with Gasteiger partial charge in [-0.2, -0.15) is 0 Å². The Morgan fingerprint density at radius 3 is 2.23 bits per heavy atom. The zero-order chi connectivity index (χ0) is 28.1. The summed E-state index contributed by atoms with van der Waals surface area (Å²) in [5, 5.41) is 6.03. The van der Waals surface area contributed by atoms with Gasteiger partial charge in [-0.3, -0.25) is 9.69 Å². The Balaban J connectivity index is 1.43. The topological polar surface area (TPSA) is 123 Å². The minimum absolute atomic E-state index is 0.0791. The van der Waals surface area contributed by atoms with E-state index >= 15 is 0 Å². The number of carbonyl (C=O) groups is 1. The summed E-state index contributed by atoms with van der Waals surface area (Å²) in [5.41, 5.74) is 2.47. The van der Waals surface area contributed by atoms with Gasteiger partial charge in [-0.1, -0.05) is 18.2 Å². The summed E-state index contributed by atoms with van der Waals surface area (Å²) in [6, 6.07) is 18.8. The molecule has 1 amide bonds. The molecule has 0 spiro atoms. The molecule has 3 aromatic carbocycles. The number of ether oxygens (including phenoxy) is 2. The van der Waals surface area contributed by atoms with E-state index in [-0.39, 0.29) is 23.0 Å². The minimum atomic E-state index is -3.86. The Hall–Kier alpha value is -4.22. The molecular formula is C29H31N5O5S. The van der Waals surface area contributed by atoms with E-state index in [0.717, 1.165) is 25.9 Å². The standard InChI is InChI=1S/C29H31N5O5S/c1-38-22-14-21(15-23(17-22)39-2)31-29-27(32-25-10-3-4-11-26(25)33-29)19-40(36,37)24-9-7-8-20(16-24)30-28(35)18-34-12-5-6-13-34/h3-4,7-11,14-17H,5-6,12-13,18-19H2,1-2H3,(H,30,35)(H,31,33). The molecule has 1 aromatic heterocycles. The molecule has 0 radical (unpaired) electrons. The van der Waals surface area contributed by atoms with Gasteiger partial charge in [0.1, 0.15) is 17.3 Å². The SMILES string of the molecule is COc1cc(Nc2nc3ccccc3nc2CS(=O)(=O)c2cccc(NC(=O)CN3CCCC3)c2)cc(OC)c1. The molecule has 1 saturated heterocycles. The first kappa shape index (κ1) is 27.4. The molecule has 0 aliphatic carbocycles. The fourth-order valence-corrected chi connectivity index (χ4v) is 5.95. The van der Waals surface area contributed by atoms with Gasteiger partial charge in [0.15, 0.2) is 15.7 Å². The summed E-state index contributed by atoms with van der Waals surface area (Å²) in [6.07, 6.45) is 2.17. The van der Waals surface area contributed by atoms with E-state index in [9.17, 15) is 13.2 Å². The number of anilines is 3. The molecule has 10 nitrogen and oxygen atoms in total. The third kappa shape index (κ3) is 6.49. The van der Waals surface area contributed by atoms with Crippen LogP contribution in [-0.2, 0) is 20.4 Å². The zero-order valence-electron chi connectivity index (χ0n) is 22.4. The van der Waals surface area contributed by atoms with Crippen LogP contribution in [0, 0.1) is 0 Å². The van der Waals surface area contributed by atoms with Gasteiger partial charge in [0, 0.05) is 29.6 Å². The largest absolute Gasteiger partial charge is 0.497 e. The molecule has 0 atom stereocenters. The number of hydrogen-bond acceptors (Lipinski definition) is 9. The van der Waals surface area contributed by atoms with Crippen molar-refractivity contribution in [3.05, 3.63) is 72.4 Å². The Kier molecular flexibility index (Phi) is 8.13. The van der Waals surface area contributed by atoms with Gasteiger partial charge in [-0.15, -0.1) is 0 Å². The molecule has 208 valence electrons. The van der Waals surface area contributed by atoms with Gasteiger partial charge < -0.3 is 20.1 Å². The van der Waals surface area contributed by atoms with E-state index in [1.807, 2.05) is 18.2 Å². The van der Waals surface area contributed by atoms with Crippen molar-refractivity contribution in [3.8, 4) is 11.5 Å². The number of amides is 1. The van der Waals surface area contributed by atoms with Crippen LogP contribution in [0.3, 0.4) is 0 Å². The third-order valence-corrected chi connectivity index (χ3v) is 8.25. The fraction of sp³-hybridized carbons (Fsp3) is 0.276. The van der Waals surface area contributed by atoms with E-state index in [0.29, 0.717) is 39.7 Å². The van der Waals surface area contributed by atoms with Crippen LogP contribution in [0.2, 0.25) is 0 Å².